The standard InChI is InChI=1S/C23H32N2/c1-5-25-15-14-24(16-20-12-10-19(4)11-13-20)17-23(25)22-9-7-6-8-21(22)18(2)3/h6-13,18,23H,5,14-17H2,1-4H3. The molecule has 3 rings (SSSR count). The van der Waals surface area contributed by atoms with E-state index in [1.807, 2.05) is 0 Å². The van der Waals surface area contributed by atoms with Gasteiger partial charge in [0.2, 0.25) is 0 Å². The number of nitrogens with zero attached hydrogens (tertiary/aromatic N) is 2. The molecular formula is C23H32N2. The molecule has 2 aromatic rings. The van der Waals surface area contributed by atoms with Gasteiger partial charge in [-0.25, -0.2) is 0 Å². The molecule has 134 valence electrons. The molecule has 2 heteroatoms. The Labute approximate surface area is 153 Å². The molecule has 1 heterocycles. The number of aryl methyl sites for hydroxylation is 1. The Balaban J connectivity index is 1.80. The Morgan fingerprint density at radius 1 is 1.00 bits per heavy atom. The highest BCUT2D eigenvalue weighted by Gasteiger charge is 2.29. The summed E-state index contributed by atoms with van der Waals surface area (Å²) >= 11 is 0. The monoisotopic (exact) mass is 336 g/mol. The second-order valence-corrected chi connectivity index (χ2v) is 7.65. The van der Waals surface area contributed by atoms with Crippen molar-refractivity contribution in [3.8, 4) is 0 Å². The van der Waals surface area contributed by atoms with E-state index in [-0.39, 0.29) is 0 Å². The van der Waals surface area contributed by atoms with Gasteiger partial charge in [0.1, 0.15) is 0 Å². The molecule has 0 radical (unpaired) electrons. The van der Waals surface area contributed by atoms with Crippen molar-refractivity contribution in [3.05, 3.63) is 70.8 Å². The van der Waals surface area contributed by atoms with Gasteiger partial charge in [0.05, 0.1) is 0 Å². The molecule has 2 nitrogen and oxygen atoms in total. The summed E-state index contributed by atoms with van der Waals surface area (Å²) in [6.07, 6.45) is 0. The van der Waals surface area contributed by atoms with Crippen molar-refractivity contribution < 1.29 is 0 Å². The molecule has 0 aromatic heterocycles. The van der Waals surface area contributed by atoms with Crippen LogP contribution in [0.25, 0.3) is 0 Å². The van der Waals surface area contributed by atoms with Crippen molar-refractivity contribution in [2.45, 2.75) is 46.2 Å². The van der Waals surface area contributed by atoms with Gasteiger partial charge in [-0.2, -0.15) is 0 Å². The summed E-state index contributed by atoms with van der Waals surface area (Å²) < 4.78 is 0. The number of likely N-dealkylation sites (N-methyl/N-ethyl adjacent to an activating group) is 1. The largest absolute Gasteiger partial charge is 0.296 e. The number of hydrogen-bond acceptors (Lipinski definition) is 2. The van der Waals surface area contributed by atoms with E-state index in [2.05, 4.69) is 86.0 Å². The Morgan fingerprint density at radius 3 is 2.40 bits per heavy atom. The number of rotatable bonds is 5. The lowest BCUT2D eigenvalue weighted by Crippen LogP contribution is -2.48. The average molecular weight is 337 g/mol. The maximum Gasteiger partial charge on any atom is 0.0478 e. The van der Waals surface area contributed by atoms with E-state index >= 15 is 0 Å². The number of piperazine rings is 1. The van der Waals surface area contributed by atoms with Crippen LogP contribution in [-0.4, -0.2) is 36.0 Å². The van der Waals surface area contributed by atoms with Gasteiger partial charge in [-0.15, -0.1) is 0 Å². The smallest absolute Gasteiger partial charge is 0.0478 e. The third kappa shape index (κ3) is 4.31. The summed E-state index contributed by atoms with van der Waals surface area (Å²) in [5.74, 6) is 0.572. The first kappa shape index (κ1) is 18.2. The van der Waals surface area contributed by atoms with E-state index in [1.165, 1.54) is 22.3 Å². The van der Waals surface area contributed by atoms with E-state index < -0.39 is 0 Å². The van der Waals surface area contributed by atoms with Crippen molar-refractivity contribution in [2.24, 2.45) is 0 Å². The topological polar surface area (TPSA) is 6.48 Å². The fourth-order valence-electron chi connectivity index (χ4n) is 3.99. The fraction of sp³-hybridized carbons (Fsp3) is 0.478. The third-order valence-electron chi connectivity index (χ3n) is 5.49. The lowest BCUT2D eigenvalue weighted by Gasteiger charge is -2.42. The van der Waals surface area contributed by atoms with Gasteiger partial charge in [-0.1, -0.05) is 74.9 Å². The van der Waals surface area contributed by atoms with Crippen molar-refractivity contribution in [2.75, 3.05) is 26.2 Å². The molecule has 1 unspecified atom stereocenters. The zero-order valence-electron chi connectivity index (χ0n) is 16.2. The first-order valence-corrected chi connectivity index (χ1v) is 9.69. The summed E-state index contributed by atoms with van der Waals surface area (Å²) in [7, 11) is 0. The van der Waals surface area contributed by atoms with Crippen molar-refractivity contribution >= 4 is 0 Å². The average Bonchev–Trinajstić information content (AvgIpc) is 2.63. The minimum atomic E-state index is 0.503. The quantitative estimate of drug-likeness (QED) is 0.758. The third-order valence-corrected chi connectivity index (χ3v) is 5.49. The molecule has 1 atom stereocenters. The number of hydrogen-bond donors (Lipinski definition) is 0. The van der Waals surface area contributed by atoms with Crippen LogP contribution in [0, 0.1) is 6.92 Å². The minimum Gasteiger partial charge on any atom is -0.296 e. The van der Waals surface area contributed by atoms with Crippen molar-refractivity contribution in [1.82, 2.24) is 9.80 Å². The van der Waals surface area contributed by atoms with E-state index in [0.717, 1.165) is 32.7 Å². The van der Waals surface area contributed by atoms with Crippen LogP contribution in [0.2, 0.25) is 0 Å². The maximum absolute atomic E-state index is 2.65. The van der Waals surface area contributed by atoms with E-state index in [1.54, 1.807) is 0 Å². The Hall–Kier alpha value is -1.64. The summed E-state index contributed by atoms with van der Waals surface area (Å²) in [6, 6.07) is 18.5. The van der Waals surface area contributed by atoms with Crippen LogP contribution in [0.3, 0.4) is 0 Å². The summed E-state index contributed by atoms with van der Waals surface area (Å²) in [5.41, 5.74) is 5.78. The Morgan fingerprint density at radius 2 is 1.72 bits per heavy atom. The van der Waals surface area contributed by atoms with Crippen LogP contribution < -0.4 is 0 Å². The van der Waals surface area contributed by atoms with Gasteiger partial charge in [-0.3, -0.25) is 9.80 Å². The van der Waals surface area contributed by atoms with Crippen LogP contribution >= 0.6 is 0 Å². The highest BCUT2D eigenvalue weighted by atomic mass is 15.3. The Bertz CT molecular complexity index is 675. The highest BCUT2D eigenvalue weighted by Crippen LogP contribution is 2.31. The molecule has 25 heavy (non-hydrogen) atoms. The van der Waals surface area contributed by atoms with Crippen LogP contribution in [-0.2, 0) is 6.54 Å². The molecule has 0 amide bonds. The van der Waals surface area contributed by atoms with Gasteiger partial charge >= 0.3 is 0 Å². The molecule has 1 fully saturated rings. The van der Waals surface area contributed by atoms with E-state index in [9.17, 15) is 0 Å². The first-order chi connectivity index (χ1) is 12.1. The van der Waals surface area contributed by atoms with Crippen LogP contribution in [0.1, 0.15) is 55.0 Å². The first-order valence-electron chi connectivity index (χ1n) is 9.69. The van der Waals surface area contributed by atoms with Crippen molar-refractivity contribution in [1.29, 1.82) is 0 Å². The molecule has 0 aliphatic carbocycles. The van der Waals surface area contributed by atoms with Gasteiger partial charge in [-0.05, 0) is 36.1 Å². The SMILES string of the molecule is CCN1CCN(Cc2ccc(C)cc2)CC1c1ccccc1C(C)C. The minimum absolute atomic E-state index is 0.503. The molecule has 0 N–H and O–H groups in total. The summed E-state index contributed by atoms with van der Waals surface area (Å²) in [5, 5.41) is 0. The second kappa shape index (κ2) is 8.16. The van der Waals surface area contributed by atoms with Crippen molar-refractivity contribution in [3.63, 3.8) is 0 Å². The lowest BCUT2D eigenvalue weighted by molar-refractivity contribution is 0.0732. The van der Waals surface area contributed by atoms with Gasteiger partial charge in [0.25, 0.3) is 0 Å². The zero-order chi connectivity index (χ0) is 17.8. The molecule has 0 saturated carbocycles. The molecule has 1 aliphatic rings. The molecule has 1 aliphatic heterocycles. The van der Waals surface area contributed by atoms with Crippen LogP contribution in [0.5, 0.6) is 0 Å². The predicted octanol–water partition coefficient (Wildman–Crippen LogP) is 5.00. The fourth-order valence-corrected chi connectivity index (χ4v) is 3.99. The molecule has 0 bridgehead atoms. The van der Waals surface area contributed by atoms with Gasteiger partial charge in [0, 0.05) is 32.2 Å². The highest BCUT2D eigenvalue weighted by molar-refractivity contribution is 5.33. The molecular weight excluding hydrogens is 304 g/mol. The number of benzene rings is 2. The summed E-state index contributed by atoms with van der Waals surface area (Å²) in [6.45, 7) is 14.7. The zero-order valence-corrected chi connectivity index (χ0v) is 16.2. The predicted molar refractivity (Wildman–Crippen MR) is 107 cm³/mol. The van der Waals surface area contributed by atoms with Crippen LogP contribution in [0.15, 0.2) is 48.5 Å². The van der Waals surface area contributed by atoms with Gasteiger partial charge in [0.15, 0.2) is 0 Å². The van der Waals surface area contributed by atoms with E-state index in [0.29, 0.717) is 12.0 Å². The molecule has 0 spiro atoms. The van der Waals surface area contributed by atoms with Gasteiger partial charge < -0.3 is 0 Å². The molecule has 2 aromatic carbocycles. The summed E-state index contributed by atoms with van der Waals surface area (Å²) in [4.78, 5) is 5.27. The van der Waals surface area contributed by atoms with E-state index in [4.69, 9.17) is 0 Å². The second-order valence-electron chi connectivity index (χ2n) is 7.65. The Kier molecular flexibility index (Phi) is 5.93. The molecule has 1 saturated heterocycles. The normalized spacial score (nSPS) is 19.5. The van der Waals surface area contributed by atoms with Crippen LogP contribution in [0.4, 0.5) is 0 Å². The maximum atomic E-state index is 2.65. The lowest BCUT2D eigenvalue weighted by atomic mass is 9.91.